The smallest absolute Gasteiger partial charge is 0.352 e. The van der Waals surface area contributed by atoms with Crippen LogP contribution in [0.2, 0.25) is 0 Å². The second-order valence-electron chi connectivity index (χ2n) is 5.82. The van der Waals surface area contributed by atoms with Crippen molar-refractivity contribution in [2.45, 2.75) is 18.9 Å². The molecule has 128 valence electrons. The average Bonchev–Trinajstić information content (AvgIpc) is 2.94. The molecule has 0 amide bonds. The molecule has 1 unspecified atom stereocenters. The van der Waals surface area contributed by atoms with Crippen LogP contribution in [-0.4, -0.2) is 32.6 Å². The van der Waals surface area contributed by atoms with Crippen LogP contribution in [0.25, 0.3) is 11.0 Å². The Labute approximate surface area is 141 Å². The highest BCUT2D eigenvalue weighted by Gasteiger charge is 2.23. The number of nitrogens with zero attached hydrogens (tertiary/aromatic N) is 2. The van der Waals surface area contributed by atoms with Crippen LogP contribution >= 0.6 is 0 Å². The summed E-state index contributed by atoms with van der Waals surface area (Å²) in [5.74, 6) is -0.716. The van der Waals surface area contributed by atoms with E-state index in [0.717, 1.165) is 18.4 Å². The zero-order valence-electron chi connectivity index (χ0n) is 13.1. The number of halogens is 1. The Morgan fingerprint density at radius 3 is 3.12 bits per heavy atom. The van der Waals surface area contributed by atoms with Crippen LogP contribution < -0.4 is 10.1 Å². The van der Waals surface area contributed by atoms with Gasteiger partial charge in [-0.1, -0.05) is 12.1 Å². The lowest BCUT2D eigenvalue weighted by atomic mass is 10.0. The molecule has 0 radical (unpaired) electrons. The maximum Gasteiger partial charge on any atom is 0.352 e. The molecule has 25 heavy (non-hydrogen) atoms. The number of aromatic amines is 1. The van der Waals surface area contributed by atoms with E-state index in [9.17, 15) is 9.18 Å². The summed E-state index contributed by atoms with van der Waals surface area (Å²) in [7, 11) is 0. The first-order valence-electron chi connectivity index (χ1n) is 7.88. The molecule has 0 saturated heterocycles. The van der Waals surface area contributed by atoms with Crippen LogP contribution in [0.3, 0.4) is 0 Å². The van der Waals surface area contributed by atoms with Crippen molar-refractivity contribution in [3.8, 4) is 5.75 Å². The van der Waals surface area contributed by atoms with E-state index >= 15 is 0 Å². The highest BCUT2D eigenvalue weighted by molar-refractivity contribution is 5.96. The number of fused-ring (bicyclic) bond motifs is 2. The third-order valence-corrected chi connectivity index (χ3v) is 4.22. The number of aromatic carboxylic acids is 1. The number of carboxylic acid groups (broad SMARTS) is 1. The van der Waals surface area contributed by atoms with Crippen molar-refractivity contribution in [3.05, 3.63) is 47.7 Å². The van der Waals surface area contributed by atoms with Gasteiger partial charge in [-0.2, -0.15) is 0 Å². The van der Waals surface area contributed by atoms with Crippen molar-refractivity contribution in [3.63, 3.8) is 0 Å². The van der Waals surface area contributed by atoms with Crippen LogP contribution in [0, 0.1) is 5.82 Å². The van der Waals surface area contributed by atoms with E-state index in [2.05, 4.69) is 20.3 Å². The van der Waals surface area contributed by atoms with E-state index in [0.29, 0.717) is 23.5 Å². The van der Waals surface area contributed by atoms with Crippen molar-refractivity contribution in [2.24, 2.45) is 0 Å². The van der Waals surface area contributed by atoms with E-state index in [1.165, 1.54) is 18.5 Å². The quantitative estimate of drug-likeness (QED) is 0.676. The topological polar surface area (TPSA) is 100 Å². The minimum Gasteiger partial charge on any atom is -0.490 e. The van der Waals surface area contributed by atoms with Crippen molar-refractivity contribution >= 4 is 22.8 Å². The number of carbonyl (C=O) groups is 1. The Balaban J connectivity index is 1.74. The van der Waals surface area contributed by atoms with Crippen molar-refractivity contribution in [1.82, 2.24) is 15.0 Å². The Bertz CT molecular complexity index is 956. The summed E-state index contributed by atoms with van der Waals surface area (Å²) in [5, 5.41) is 13.0. The fraction of sp³-hybridized carbons (Fsp3) is 0.235. The molecule has 0 bridgehead atoms. The molecule has 0 saturated carbocycles. The molecule has 0 spiro atoms. The number of hydrogen-bond acceptors (Lipinski definition) is 5. The maximum absolute atomic E-state index is 14.1. The molecule has 3 aromatic rings. The number of carboxylic acids is 1. The highest BCUT2D eigenvalue weighted by atomic mass is 19.1. The van der Waals surface area contributed by atoms with Gasteiger partial charge in [0.2, 0.25) is 0 Å². The Kier molecular flexibility index (Phi) is 3.72. The Morgan fingerprint density at radius 2 is 2.28 bits per heavy atom. The van der Waals surface area contributed by atoms with E-state index in [1.54, 1.807) is 6.07 Å². The number of rotatable bonds is 3. The molecule has 1 aliphatic rings. The van der Waals surface area contributed by atoms with Crippen LogP contribution in [0.4, 0.5) is 10.2 Å². The van der Waals surface area contributed by atoms with Gasteiger partial charge in [0.05, 0.1) is 18.0 Å². The van der Waals surface area contributed by atoms with E-state index in [4.69, 9.17) is 9.84 Å². The van der Waals surface area contributed by atoms with Gasteiger partial charge in [-0.15, -0.1) is 0 Å². The lowest BCUT2D eigenvalue weighted by Crippen LogP contribution is -2.12. The molecular formula is C17H15FN4O3. The summed E-state index contributed by atoms with van der Waals surface area (Å²) in [6.07, 6.45) is 2.85. The van der Waals surface area contributed by atoms with Crippen LogP contribution in [0.15, 0.2) is 30.6 Å². The average molecular weight is 342 g/mol. The first-order valence-corrected chi connectivity index (χ1v) is 7.88. The van der Waals surface area contributed by atoms with E-state index in [-0.39, 0.29) is 17.5 Å². The number of hydrogen-bond donors (Lipinski definition) is 3. The lowest BCUT2D eigenvalue weighted by Gasteiger charge is -2.19. The standard InChI is InChI=1S/C17H15FN4O3/c18-11-4-1-3-9-12(5-2-6-25-14(9)11)21-15-10-7-13(17(23)24)22-16(10)20-8-19-15/h1,3-4,7-8,12H,2,5-6H2,(H,23,24)(H2,19,20,21,22). The molecule has 3 N–H and O–H groups in total. The van der Waals surface area contributed by atoms with Crippen molar-refractivity contribution < 1.29 is 19.0 Å². The SMILES string of the molecule is O=C(O)c1cc2c(NC3CCCOc4c(F)cccc43)ncnc2[nH]1. The van der Waals surface area contributed by atoms with Gasteiger partial charge in [0.15, 0.2) is 11.6 Å². The molecule has 8 heteroatoms. The number of nitrogens with one attached hydrogen (secondary N) is 2. The number of H-pyrrole nitrogens is 1. The third kappa shape index (κ3) is 2.75. The monoisotopic (exact) mass is 342 g/mol. The van der Waals surface area contributed by atoms with Gasteiger partial charge >= 0.3 is 5.97 Å². The van der Waals surface area contributed by atoms with Gasteiger partial charge in [0.25, 0.3) is 0 Å². The second kappa shape index (κ2) is 6.04. The first-order chi connectivity index (χ1) is 12.1. The maximum atomic E-state index is 14.1. The largest absolute Gasteiger partial charge is 0.490 e. The summed E-state index contributed by atoms with van der Waals surface area (Å²) in [5.41, 5.74) is 1.19. The van der Waals surface area contributed by atoms with E-state index in [1.807, 2.05) is 6.07 Å². The summed E-state index contributed by atoms with van der Waals surface area (Å²) in [4.78, 5) is 22.2. The summed E-state index contributed by atoms with van der Waals surface area (Å²) >= 11 is 0. The molecule has 1 aromatic carbocycles. The van der Waals surface area contributed by atoms with Crippen LogP contribution in [0.1, 0.15) is 34.9 Å². The van der Waals surface area contributed by atoms with Crippen molar-refractivity contribution in [1.29, 1.82) is 0 Å². The normalized spacial score (nSPS) is 16.8. The zero-order chi connectivity index (χ0) is 17.4. The minimum absolute atomic E-state index is 0.0363. The Morgan fingerprint density at radius 1 is 1.40 bits per heavy atom. The fourth-order valence-electron chi connectivity index (χ4n) is 3.05. The molecule has 1 aliphatic heterocycles. The van der Waals surface area contributed by atoms with Gasteiger partial charge in [-0.25, -0.2) is 19.2 Å². The number of benzene rings is 1. The molecule has 4 rings (SSSR count). The summed E-state index contributed by atoms with van der Waals surface area (Å²) in [6, 6.07) is 6.12. The van der Waals surface area contributed by atoms with Crippen LogP contribution in [0.5, 0.6) is 5.75 Å². The predicted molar refractivity (Wildman–Crippen MR) is 88.3 cm³/mol. The van der Waals surface area contributed by atoms with Gasteiger partial charge in [-0.05, 0) is 25.0 Å². The number of anilines is 1. The Hall–Kier alpha value is -3.16. The predicted octanol–water partition coefficient (Wildman–Crippen LogP) is 3.12. The third-order valence-electron chi connectivity index (χ3n) is 4.22. The van der Waals surface area contributed by atoms with Crippen LogP contribution in [-0.2, 0) is 0 Å². The second-order valence-corrected chi connectivity index (χ2v) is 5.82. The van der Waals surface area contributed by atoms with Gasteiger partial charge in [0.1, 0.15) is 23.5 Å². The lowest BCUT2D eigenvalue weighted by molar-refractivity contribution is 0.0691. The zero-order valence-corrected chi connectivity index (χ0v) is 13.1. The van der Waals surface area contributed by atoms with Crippen molar-refractivity contribution in [2.75, 3.05) is 11.9 Å². The number of ether oxygens (including phenoxy) is 1. The van der Waals surface area contributed by atoms with E-state index < -0.39 is 11.8 Å². The molecule has 3 heterocycles. The molecule has 1 atom stereocenters. The fourth-order valence-corrected chi connectivity index (χ4v) is 3.05. The number of aromatic nitrogens is 3. The highest BCUT2D eigenvalue weighted by Crippen LogP contribution is 2.36. The van der Waals surface area contributed by atoms with Gasteiger partial charge in [0, 0.05) is 5.56 Å². The minimum atomic E-state index is -1.07. The number of para-hydroxylation sites is 1. The molecule has 2 aromatic heterocycles. The molecule has 7 nitrogen and oxygen atoms in total. The van der Waals surface area contributed by atoms with Gasteiger partial charge < -0.3 is 20.1 Å². The van der Waals surface area contributed by atoms with Gasteiger partial charge in [-0.3, -0.25) is 0 Å². The molecule has 0 aliphatic carbocycles. The summed E-state index contributed by atoms with van der Waals surface area (Å²) in [6.45, 7) is 0.443. The molecule has 0 fully saturated rings. The first kappa shape index (κ1) is 15.4. The molecular weight excluding hydrogens is 327 g/mol. The summed E-state index contributed by atoms with van der Waals surface area (Å²) < 4.78 is 19.6.